The number of ether oxygens (including phenoxy) is 2. The molecule has 0 saturated carbocycles. The maximum Gasteiger partial charge on any atom is 0.131 e. The van der Waals surface area contributed by atoms with Crippen LogP contribution in [0.15, 0.2) is 121 Å². The van der Waals surface area contributed by atoms with Crippen molar-refractivity contribution in [2.45, 2.75) is 38.5 Å². The summed E-state index contributed by atoms with van der Waals surface area (Å²) in [5.41, 5.74) is 5.29. The van der Waals surface area contributed by atoms with E-state index >= 15 is 0 Å². The summed E-state index contributed by atoms with van der Waals surface area (Å²) in [6.07, 6.45) is 3.64. The molecular weight excluding hydrogens is 632 g/mol. The molecule has 0 aliphatic rings. The van der Waals surface area contributed by atoms with Gasteiger partial charge in [-0.3, -0.25) is 0 Å². The maximum atomic E-state index is 10.5. The van der Waals surface area contributed by atoms with E-state index in [1.54, 1.807) is 60.7 Å². The Bertz CT molecular complexity index is 1950. The first kappa shape index (κ1) is 33.6. The van der Waals surface area contributed by atoms with E-state index in [1.807, 2.05) is 36.4 Å². The molecule has 0 atom stereocenters. The normalized spacial score (nSPS) is 11.0. The molecule has 6 aromatic carbocycles. The van der Waals surface area contributed by atoms with Crippen LogP contribution in [0.25, 0.3) is 0 Å². The van der Waals surface area contributed by atoms with Crippen molar-refractivity contribution < 1.29 is 40.1 Å². The van der Waals surface area contributed by atoms with Crippen molar-refractivity contribution in [1.29, 1.82) is 0 Å². The largest absolute Gasteiger partial charge is 0.508 e. The summed E-state index contributed by atoms with van der Waals surface area (Å²) in [7, 11) is 0. The molecule has 0 radical (unpaired) electrons. The number of phenolic OH excluding ortho intramolecular Hbond substituents is 6. The lowest BCUT2D eigenvalue weighted by molar-refractivity contribution is 0.442. The molecular formula is C42H38O8. The fourth-order valence-corrected chi connectivity index (χ4v) is 5.95. The van der Waals surface area contributed by atoms with E-state index < -0.39 is 0 Å². The number of hydrogen-bond donors (Lipinski definition) is 6. The Morgan fingerprint density at radius 2 is 0.540 bits per heavy atom. The van der Waals surface area contributed by atoms with Crippen molar-refractivity contribution in [3.8, 4) is 57.5 Å². The van der Waals surface area contributed by atoms with Crippen molar-refractivity contribution in [3.63, 3.8) is 0 Å². The first-order valence-corrected chi connectivity index (χ1v) is 16.4. The molecule has 0 aliphatic carbocycles. The molecule has 8 nitrogen and oxygen atoms in total. The van der Waals surface area contributed by atoms with Crippen molar-refractivity contribution in [1.82, 2.24) is 0 Å². The van der Waals surface area contributed by atoms with Crippen LogP contribution in [0.2, 0.25) is 0 Å². The highest BCUT2D eigenvalue weighted by molar-refractivity contribution is 5.46. The van der Waals surface area contributed by atoms with Gasteiger partial charge < -0.3 is 40.1 Å². The van der Waals surface area contributed by atoms with Gasteiger partial charge in [0.2, 0.25) is 0 Å². The van der Waals surface area contributed by atoms with Crippen molar-refractivity contribution in [2.24, 2.45) is 0 Å². The Morgan fingerprint density at radius 3 is 0.820 bits per heavy atom. The Labute approximate surface area is 290 Å². The zero-order valence-corrected chi connectivity index (χ0v) is 27.3. The smallest absolute Gasteiger partial charge is 0.131 e. The van der Waals surface area contributed by atoms with Gasteiger partial charge in [0.05, 0.1) is 0 Å². The lowest BCUT2D eigenvalue weighted by Crippen LogP contribution is -1.95. The average Bonchev–Trinajstić information content (AvgIpc) is 3.05. The first-order chi connectivity index (χ1) is 24.1. The number of aromatic hydroxyl groups is 6. The third-order valence-corrected chi connectivity index (χ3v) is 8.20. The summed E-state index contributed by atoms with van der Waals surface area (Å²) in [5, 5.41) is 61.2. The van der Waals surface area contributed by atoms with Crippen LogP contribution in [0.3, 0.4) is 0 Å². The second kappa shape index (κ2) is 15.3. The van der Waals surface area contributed by atoms with E-state index in [1.165, 1.54) is 24.3 Å². The Morgan fingerprint density at radius 1 is 0.280 bits per heavy atom. The van der Waals surface area contributed by atoms with Crippen LogP contribution in [0.4, 0.5) is 0 Å². The summed E-state index contributed by atoms with van der Waals surface area (Å²) in [4.78, 5) is 0. The van der Waals surface area contributed by atoms with Gasteiger partial charge in [0.25, 0.3) is 0 Å². The standard InChI is InChI=1S/C42H38O8/c43-33-5-1-3-27(13-33)7-9-29-15-35(45)23-39(19-29)49-41-21-31(17-37(47)25-41)11-12-32-18-38(48)26-42(22-32)50-40-20-30(16-36(46)24-40)10-8-28-4-2-6-34(44)14-28/h1-6,13-26,43-48H,7-12H2. The minimum atomic E-state index is 0.0328. The monoisotopic (exact) mass is 670 g/mol. The number of rotatable bonds is 13. The zero-order valence-electron chi connectivity index (χ0n) is 27.3. The Kier molecular flexibility index (Phi) is 10.3. The van der Waals surface area contributed by atoms with Crippen molar-refractivity contribution >= 4 is 0 Å². The summed E-state index contributed by atoms with van der Waals surface area (Å²) in [5.74, 6) is 2.28. The number of benzene rings is 6. The summed E-state index contributed by atoms with van der Waals surface area (Å²) in [6, 6.07) is 34.2. The fraction of sp³-hybridized carbons (Fsp3) is 0.143. The number of aryl methyl sites for hydroxylation is 6. The molecule has 0 saturated heterocycles. The summed E-state index contributed by atoms with van der Waals surface area (Å²) in [6.45, 7) is 0. The van der Waals surface area contributed by atoms with Gasteiger partial charge in [-0.25, -0.2) is 0 Å². The minimum Gasteiger partial charge on any atom is -0.508 e. The van der Waals surface area contributed by atoms with Gasteiger partial charge in [0.15, 0.2) is 0 Å². The lowest BCUT2D eigenvalue weighted by atomic mass is 10.0. The van der Waals surface area contributed by atoms with Crippen LogP contribution in [0.1, 0.15) is 33.4 Å². The highest BCUT2D eigenvalue weighted by atomic mass is 16.5. The zero-order chi connectivity index (χ0) is 35.0. The van der Waals surface area contributed by atoms with E-state index in [-0.39, 0.29) is 34.5 Å². The molecule has 0 unspecified atom stereocenters. The second-order valence-electron chi connectivity index (χ2n) is 12.4. The molecule has 0 spiro atoms. The lowest BCUT2D eigenvalue weighted by Gasteiger charge is -2.13. The number of hydrogen-bond acceptors (Lipinski definition) is 8. The Balaban J connectivity index is 1.10. The van der Waals surface area contributed by atoms with E-state index in [0.29, 0.717) is 61.5 Å². The molecule has 254 valence electrons. The van der Waals surface area contributed by atoms with Gasteiger partial charge in [-0.15, -0.1) is 0 Å². The predicted molar refractivity (Wildman–Crippen MR) is 191 cm³/mol. The molecule has 8 heteroatoms. The van der Waals surface area contributed by atoms with Gasteiger partial charge in [-0.1, -0.05) is 24.3 Å². The molecule has 0 heterocycles. The third kappa shape index (κ3) is 9.64. The minimum absolute atomic E-state index is 0.0328. The van der Waals surface area contributed by atoms with Gasteiger partial charge in [-0.05, 0) is 145 Å². The van der Waals surface area contributed by atoms with Crippen LogP contribution >= 0.6 is 0 Å². The van der Waals surface area contributed by atoms with Crippen LogP contribution in [-0.2, 0) is 38.5 Å². The highest BCUT2D eigenvalue weighted by Gasteiger charge is 2.10. The van der Waals surface area contributed by atoms with Gasteiger partial charge in [0, 0.05) is 24.3 Å². The summed E-state index contributed by atoms with van der Waals surface area (Å²) < 4.78 is 12.1. The van der Waals surface area contributed by atoms with Crippen LogP contribution in [-0.4, -0.2) is 30.6 Å². The highest BCUT2D eigenvalue weighted by Crippen LogP contribution is 2.33. The summed E-state index contributed by atoms with van der Waals surface area (Å²) >= 11 is 0. The molecule has 0 amide bonds. The van der Waals surface area contributed by atoms with Crippen molar-refractivity contribution in [3.05, 3.63) is 155 Å². The molecule has 6 aromatic rings. The molecule has 50 heavy (non-hydrogen) atoms. The van der Waals surface area contributed by atoms with Gasteiger partial charge in [0.1, 0.15) is 57.5 Å². The molecule has 6 N–H and O–H groups in total. The third-order valence-electron chi connectivity index (χ3n) is 8.20. The molecule has 0 bridgehead atoms. The first-order valence-electron chi connectivity index (χ1n) is 16.4. The fourth-order valence-electron chi connectivity index (χ4n) is 5.95. The van der Waals surface area contributed by atoms with E-state index in [0.717, 1.165) is 33.4 Å². The SMILES string of the molecule is Oc1cccc(CCc2cc(O)cc(Oc3cc(O)cc(CCc4cc(O)cc(Oc5cc(O)cc(CCc6cccc(O)c6)c5)c4)c3)c2)c1. The maximum absolute atomic E-state index is 10.5. The van der Waals surface area contributed by atoms with Gasteiger partial charge in [-0.2, -0.15) is 0 Å². The van der Waals surface area contributed by atoms with Crippen LogP contribution < -0.4 is 9.47 Å². The van der Waals surface area contributed by atoms with Crippen LogP contribution in [0.5, 0.6) is 57.5 Å². The second-order valence-corrected chi connectivity index (χ2v) is 12.4. The van der Waals surface area contributed by atoms with E-state index in [9.17, 15) is 30.6 Å². The van der Waals surface area contributed by atoms with Crippen molar-refractivity contribution in [2.75, 3.05) is 0 Å². The quantitative estimate of drug-likeness (QED) is 0.0716. The van der Waals surface area contributed by atoms with E-state index in [2.05, 4.69) is 0 Å². The van der Waals surface area contributed by atoms with E-state index in [4.69, 9.17) is 9.47 Å². The van der Waals surface area contributed by atoms with Gasteiger partial charge >= 0.3 is 0 Å². The predicted octanol–water partition coefficient (Wildman–Crippen LogP) is 8.86. The molecule has 0 aromatic heterocycles. The average molecular weight is 671 g/mol. The molecule has 6 rings (SSSR count). The molecule has 0 aliphatic heterocycles. The van der Waals surface area contributed by atoms with Crippen LogP contribution in [0, 0.1) is 0 Å². The number of phenols is 6. The Hall–Kier alpha value is -6.28. The molecule has 0 fully saturated rings. The topological polar surface area (TPSA) is 140 Å².